The molecule has 0 aliphatic rings. The van der Waals surface area contributed by atoms with Crippen molar-refractivity contribution in [2.45, 2.75) is 18.4 Å². The van der Waals surface area contributed by atoms with Gasteiger partial charge in [-0.15, -0.1) is 0 Å². The van der Waals surface area contributed by atoms with Crippen molar-refractivity contribution in [1.82, 2.24) is 5.43 Å². The highest BCUT2D eigenvalue weighted by Gasteiger charge is 2.27. The Morgan fingerprint density at radius 2 is 1.72 bits per heavy atom. The lowest BCUT2D eigenvalue weighted by atomic mass is 10.2. The SMILES string of the molecule is CCOc1cc(/C=N\NC(=O)CN(c2ccc([N+](=O)[O-])cc2)S(=O)(=O)c2ccccc2)ccc1OCc1cccc(Cl)c1. The Morgan fingerprint density at radius 3 is 2.40 bits per heavy atom. The van der Waals surface area contributed by atoms with Gasteiger partial charge in [-0.3, -0.25) is 19.2 Å². The van der Waals surface area contributed by atoms with E-state index in [-0.39, 0.29) is 22.9 Å². The minimum absolute atomic E-state index is 0.0502. The molecule has 4 aromatic carbocycles. The highest BCUT2D eigenvalue weighted by Crippen LogP contribution is 2.29. The molecule has 0 atom stereocenters. The molecular formula is C30H27ClN4O7S. The Kier molecular flexibility index (Phi) is 10.3. The number of nitro groups is 1. The van der Waals surface area contributed by atoms with Crippen molar-refractivity contribution >= 4 is 45.1 Å². The molecule has 1 N–H and O–H groups in total. The second kappa shape index (κ2) is 14.3. The number of nitrogens with zero attached hydrogens (tertiary/aromatic N) is 3. The number of sulfonamides is 1. The van der Waals surface area contributed by atoms with Crippen molar-refractivity contribution in [3.63, 3.8) is 0 Å². The molecule has 0 spiro atoms. The maximum atomic E-state index is 13.4. The number of hydrogen-bond acceptors (Lipinski definition) is 8. The molecule has 0 saturated heterocycles. The number of amides is 1. The monoisotopic (exact) mass is 622 g/mol. The van der Waals surface area contributed by atoms with Crippen molar-refractivity contribution in [3.05, 3.63) is 123 Å². The number of non-ortho nitro benzene ring substituents is 1. The molecular weight excluding hydrogens is 596 g/mol. The van der Waals surface area contributed by atoms with E-state index >= 15 is 0 Å². The van der Waals surface area contributed by atoms with Crippen LogP contribution in [0.4, 0.5) is 11.4 Å². The number of carbonyl (C=O) groups is 1. The van der Waals surface area contributed by atoms with Gasteiger partial charge in [0.05, 0.1) is 28.3 Å². The first-order chi connectivity index (χ1) is 20.7. The van der Waals surface area contributed by atoms with Gasteiger partial charge in [0.25, 0.3) is 21.6 Å². The lowest BCUT2D eigenvalue weighted by Crippen LogP contribution is -2.39. The van der Waals surface area contributed by atoms with Crippen LogP contribution >= 0.6 is 11.6 Å². The highest BCUT2D eigenvalue weighted by molar-refractivity contribution is 7.92. The minimum atomic E-state index is -4.19. The number of anilines is 1. The molecule has 0 aromatic heterocycles. The van der Waals surface area contributed by atoms with Crippen LogP contribution in [0.25, 0.3) is 0 Å². The number of benzene rings is 4. The highest BCUT2D eigenvalue weighted by atomic mass is 35.5. The van der Waals surface area contributed by atoms with Crippen LogP contribution < -0.4 is 19.2 Å². The largest absolute Gasteiger partial charge is 0.490 e. The molecule has 0 heterocycles. The normalized spacial score (nSPS) is 11.2. The fourth-order valence-corrected chi connectivity index (χ4v) is 5.56. The van der Waals surface area contributed by atoms with E-state index in [0.29, 0.717) is 28.7 Å². The topological polar surface area (TPSA) is 140 Å². The molecule has 0 saturated carbocycles. The second-order valence-electron chi connectivity index (χ2n) is 8.95. The van der Waals surface area contributed by atoms with Gasteiger partial charge in [0.15, 0.2) is 11.5 Å². The molecule has 0 unspecified atom stereocenters. The van der Waals surface area contributed by atoms with E-state index in [4.69, 9.17) is 21.1 Å². The number of hydrazone groups is 1. The van der Waals surface area contributed by atoms with Crippen LogP contribution in [0.2, 0.25) is 5.02 Å². The Hall–Kier alpha value is -4.94. The van der Waals surface area contributed by atoms with Gasteiger partial charge in [-0.2, -0.15) is 5.10 Å². The first-order valence-electron chi connectivity index (χ1n) is 13.0. The van der Waals surface area contributed by atoms with E-state index in [2.05, 4.69) is 10.5 Å². The molecule has 4 aromatic rings. The maximum Gasteiger partial charge on any atom is 0.269 e. The molecule has 11 nitrogen and oxygen atoms in total. The third-order valence-electron chi connectivity index (χ3n) is 5.92. The van der Waals surface area contributed by atoms with Gasteiger partial charge in [-0.05, 0) is 72.6 Å². The Morgan fingerprint density at radius 1 is 0.977 bits per heavy atom. The second-order valence-corrected chi connectivity index (χ2v) is 11.2. The van der Waals surface area contributed by atoms with Gasteiger partial charge in [0.2, 0.25) is 0 Å². The smallest absolute Gasteiger partial charge is 0.269 e. The van der Waals surface area contributed by atoms with Crippen LogP contribution in [0, 0.1) is 10.1 Å². The third kappa shape index (κ3) is 8.31. The summed E-state index contributed by atoms with van der Waals surface area (Å²) in [6, 6.07) is 24.8. The zero-order valence-electron chi connectivity index (χ0n) is 22.9. The van der Waals surface area contributed by atoms with Crippen molar-refractivity contribution in [2.24, 2.45) is 5.10 Å². The zero-order chi connectivity index (χ0) is 30.8. The number of rotatable bonds is 13. The maximum absolute atomic E-state index is 13.4. The van der Waals surface area contributed by atoms with Gasteiger partial charge in [0, 0.05) is 17.2 Å². The summed E-state index contributed by atoms with van der Waals surface area (Å²) < 4.78 is 39.3. The van der Waals surface area contributed by atoms with Gasteiger partial charge in [0.1, 0.15) is 13.2 Å². The van der Waals surface area contributed by atoms with Gasteiger partial charge in [-0.1, -0.05) is 41.9 Å². The molecule has 13 heteroatoms. The summed E-state index contributed by atoms with van der Waals surface area (Å²) in [7, 11) is -4.19. The van der Waals surface area contributed by atoms with Crippen LogP contribution in [0.5, 0.6) is 11.5 Å². The van der Waals surface area contributed by atoms with Gasteiger partial charge < -0.3 is 9.47 Å². The number of carbonyl (C=O) groups excluding carboxylic acids is 1. The average molecular weight is 623 g/mol. The predicted octanol–water partition coefficient (Wildman–Crippen LogP) is 5.57. The standard InChI is InChI=1S/C30H27ClN4O7S/c1-2-41-29-18-22(11-16-28(29)42-21-23-7-6-8-24(31)17-23)19-32-33-30(36)20-34(25-12-14-26(15-13-25)35(37)38)43(39,40)27-9-4-3-5-10-27/h3-19H,2,20-21H2,1H3,(H,33,36)/b32-19-. The van der Waals surface area contributed by atoms with Crippen LogP contribution in [0.3, 0.4) is 0 Å². The van der Waals surface area contributed by atoms with E-state index in [0.717, 1.165) is 22.0 Å². The molecule has 0 bridgehead atoms. The van der Waals surface area contributed by atoms with Crippen molar-refractivity contribution in [3.8, 4) is 11.5 Å². The van der Waals surface area contributed by atoms with Gasteiger partial charge in [-0.25, -0.2) is 13.8 Å². The van der Waals surface area contributed by atoms with Crippen molar-refractivity contribution in [2.75, 3.05) is 17.5 Å². The summed E-state index contributed by atoms with van der Waals surface area (Å²) >= 11 is 6.04. The average Bonchev–Trinajstić information content (AvgIpc) is 3.00. The van der Waals surface area contributed by atoms with E-state index in [1.165, 1.54) is 30.5 Å². The Labute approximate surface area is 253 Å². The fourth-order valence-electron chi connectivity index (χ4n) is 3.90. The number of halogens is 1. The molecule has 0 aliphatic heterocycles. The van der Waals surface area contributed by atoms with E-state index in [1.807, 2.05) is 19.1 Å². The van der Waals surface area contributed by atoms with Crippen molar-refractivity contribution < 1.29 is 27.6 Å². The van der Waals surface area contributed by atoms with Crippen LogP contribution in [0.1, 0.15) is 18.1 Å². The molecule has 43 heavy (non-hydrogen) atoms. The minimum Gasteiger partial charge on any atom is -0.490 e. The van der Waals surface area contributed by atoms with E-state index in [1.54, 1.807) is 48.5 Å². The third-order valence-corrected chi connectivity index (χ3v) is 7.94. The molecule has 222 valence electrons. The molecule has 0 radical (unpaired) electrons. The summed E-state index contributed by atoms with van der Waals surface area (Å²) in [6.07, 6.45) is 1.38. The molecule has 4 rings (SSSR count). The molecule has 0 aliphatic carbocycles. The summed E-state index contributed by atoms with van der Waals surface area (Å²) in [5.41, 5.74) is 3.66. The number of nitro benzene ring substituents is 1. The first-order valence-corrected chi connectivity index (χ1v) is 14.8. The Balaban J connectivity index is 1.48. The fraction of sp³-hybridized carbons (Fsp3) is 0.133. The molecule has 0 fully saturated rings. The van der Waals surface area contributed by atoms with Crippen LogP contribution in [-0.4, -0.2) is 38.6 Å². The van der Waals surface area contributed by atoms with Crippen molar-refractivity contribution in [1.29, 1.82) is 0 Å². The van der Waals surface area contributed by atoms with Crippen LogP contribution in [-0.2, 0) is 21.4 Å². The number of ether oxygens (including phenoxy) is 2. The summed E-state index contributed by atoms with van der Waals surface area (Å²) in [5.74, 6) is 0.242. The first kappa shape index (κ1) is 31.0. The Bertz CT molecular complexity index is 1720. The summed E-state index contributed by atoms with van der Waals surface area (Å²) in [5, 5.41) is 15.6. The number of nitrogens with one attached hydrogen (secondary N) is 1. The number of hydrogen-bond donors (Lipinski definition) is 1. The van der Waals surface area contributed by atoms with Crippen LogP contribution in [0.15, 0.2) is 107 Å². The summed E-state index contributed by atoms with van der Waals surface area (Å²) in [6.45, 7) is 1.87. The lowest BCUT2D eigenvalue weighted by molar-refractivity contribution is -0.384. The van der Waals surface area contributed by atoms with E-state index < -0.39 is 27.4 Å². The quantitative estimate of drug-likeness (QED) is 0.117. The predicted molar refractivity (Wildman–Crippen MR) is 163 cm³/mol. The molecule has 1 amide bonds. The van der Waals surface area contributed by atoms with E-state index in [9.17, 15) is 23.3 Å². The summed E-state index contributed by atoms with van der Waals surface area (Å²) in [4.78, 5) is 23.3. The van der Waals surface area contributed by atoms with Gasteiger partial charge >= 0.3 is 0 Å². The lowest BCUT2D eigenvalue weighted by Gasteiger charge is -2.23. The zero-order valence-corrected chi connectivity index (χ0v) is 24.5.